The molecule has 27 heavy (non-hydrogen) atoms. The van der Waals surface area contributed by atoms with Crippen molar-refractivity contribution in [3.8, 4) is 0 Å². The molecule has 6 nitrogen and oxygen atoms in total. The fourth-order valence-corrected chi connectivity index (χ4v) is 4.28. The summed E-state index contributed by atoms with van der Waals surface area (Å²) in [6.45, 7) is 2.59. The van der Waals surface area contributed by atoms with Gasteiger partial charge < -0.3 is 20.8 Å². The molecule has 0 spiro atoms. The highest BCUT2D eigenvalue weighted by Crippen LogP contribution is 2.48. The van der Waals surface area contributed by atoms with Crippen LogP contribution in [-0.2, 0) is 5.54 Å². The number of aliphatic hydroxyl groups excluding tert-OH is 2. The Labute approximate surface area is 162 Å². The molecule has 0 radical (unpaired) electrons. The zero-order valence-corrected chi connectivity index (χ0v) is 16.5. The number of rotatable bonds is 6. The summed E-state index contributed by atoms with van der Waals surface area (Å²) in [5.41, 5.74) is 7.76. The molecule has 0 bridgehead atoms. The number of hydrogen-bond donors (Lipinski definition) is 3. The number of allylic oxidation sites excluding steroid dienone is 1. The predicted octanol–water partition coefficient (Wildman–Crippen LogP) is 1.85. The number of aliphatic hydroxyl groups is 2. The minimum Gasteiger partial charge on any atom is -0.379 e. The molecule has 0 aromatic heterocycles. The van der Waals surface area contributed by atoms with E-state index in [0.29, 0.717) is 5.96 Å². The quantitative estimate of drug-likeness (QED) is 0.524. The highest BCUT2D eigenvalue weighted by molar-refractivity contribution is 5.81. The lowest BCUT2D eigenvalue weighted by molar-refractivity contribution is -0.0159. The van der Waals surface area contributed by atoms with Crippen LogP contribution in [0.1, 0.15) is 38.2 Å². The van der Waals surface area contributed by atoms with E-state index in [-0.39, 0.29) is 5.92 Å². The van der Waals surface area contributed by atoms with Crippen LogP contribution in [0.15, 0.2) is 47.0 Å². The van der Waals surface area contributed by atoms with Gasteiger partial charge in [-0.3, -0.25) is 4.90 Å². The number of hydrogen-bond acceptors (Lipinski definition) is 6. The summed E-state index contributed by atoms with van der Waals surface area (Å²) >= 11 is 0. The molecule has 1 aromatic carbocycles. The highest BCUT2D eigenvalue weighted by Gasteiger charge is 2.52. The Morgan fingerprint density at radius 2 is 2.07 bits per heavy atom. The Bertz CT molecular complexity index is 703. The van der Waals surface area contributed by atoms with Crippen molar-refractivity contribution < 1.29 is 10.2 Å². The third kappa shape index (κ3) is 3.74. The van der Waals surface area contributed by atoms with E-state index in [2.05, 4.69) is 6.08 Å². The molecule has 1 aliphatic heterocycles. The van der Waals surface area contributed by atoms with Gasteiger partial charge in [-0.2, -0.15) is 0 Å². The third-order valence-corrected chi connectivity index (χ3v) is 6.16. The number of nitrogens with two attached hydrogens (primary N) is 1. The molecule has 0 amide bonds. The molecule has 148 valence electrons. The van der Waals surface area contributed by atoms with Crippen molar-refractivity contribution in [3.05, 3.63) is 47.5 Å². The van der Waals surface area contributed by atoms with Crippen molar-refractivity contribution >= 4 is 5.96 Å². The van der Waals surface area contributed by atoms with E-state index in [0.717, 1.165) is 37.8 Å². The second kappa shape index (κ2) is 8.00. The molecule has 0 fully saturated rings. The van der Waals surface area contributed by atoms with E-state index >= 15 is 0 Å². The molecule has 0 saturated carbocycles. The Kier molecular flexibility index (Phi) is 5.89. The first kappa shape index (κ1) is 19.9. The summed E-state index contributed by atoms with van der Waals surface area (Å²) in [6, 6.07) is 10.0. The van der Waals surface area contributed by atoms with Gasteiger partial charge in [0, 0.05) is 13.6 Å². The van der Waals surface area contributed by atoms with Gasteiger partial charge in [-0.15, -0.1) is 0 Å². The van der Waals surface area contributed by atoms with Crippen LogP contribution in [0.5, 0.6) is 0 Å². The number of aliphatic imine (C=N–C) groups is 1. The summed E-state index contributed by atoms with van der Waals surface area (Å²) in [4.78, 5) is 8.44. The first-order valence-electron chi connectivity index (χ1n) is 9.74. The zero-order chi connectivity index (χ0) is 19.6. The minimum absolute atomic E-state index is 0.176. The fourth-order valence-electron chi connectivity index (χ4n) is 4.28. The Hall–Kier alpha value is -1.89. The first-order chi connectivity index (χ1) is 12.9. The normalized spacial score (nSPS) is 29.6. The summed E-state index contributed by atoms with van der Waals surface area (Å²) < 4.78 is 0. The van der Waals surface area contributed by atoms with Gasteiger partial charge in [-0.05, 0) is 51.1 Å². The maximum atomic E-state index is 11.1. The van der Waals surface area contributed by atoms with E-state index in [9.17, 15) is 10.2 Å². The number of likely N-dealkylation sites (N-methyl/N-ethyl adjacent to an activating group) is 1. The molecule has 1 aromatic rings. The maximum Gasteiger partial charge on any atom is 0.194 e. The van der Waals surface area contributed by atoms with Gasteiger partial charge in [0.05, 0.1) is 0 Å². The van der Waals surface area contributed by atoms with Crippen molar-refractivity contribution in [2.75, 3.05) is 20.6 Å². The maximum absolute atomic E-state index is 11.1. The molecule has 1 aliphatic carbocycles. The molecule has 4 N–H and O–H groups in total. The van der Waals surface area contributed by atoms with Crippen molar-refractivity contribution in [1.29, 1.82) is 0 Å². The van der Waals surface area contributed by atoms with Crippen molar-refractivity contribution in [2.45, 2.75) is 50.6 Å². The average molecular weight is 373 g/mol. The van der Waals surface area contributed by atoms with E-state index in [1.165, 1.54) is 5.57 Å². The molecular formula is C21H32N4O2. The van der Waals surface area contributed by atoms with Gasteiger partial charge in [0.2, 0.25) is 0 Å². The lowest BCUT2D eigenvalue weighted by Crippen LogP contribution is -2.49. The molecule has 2 aliphatic rings. The monoisotopic (exact) mass is 372 g/mol. The van der Waals surface area contributed by atoms with Gasteiger partial charge >= 0.3 is 0 Å². The summed E-state index contributed by atoms with van der Waals surface area (Å²) in [7, 11) is 3.73. The van der Waals surface area contributed by atoms with Crippen LogP contribution in [0.25, 0.3) is 0 Å². The lowest BCUT2D eigenvalue weighted by atomic mass is 9.70. The number of guanidine groups is 1. The summed E-state index contributed by atoms with van der Waals surface area (Å²) in [6.07, 6.45) is 4.81. The van der Waals surface area contributed by atoms with Crippen molar-refractivity contribution in [3.63, 3.8) is 0 Å². The summed E-state index contributed by atoms with van der Waals surface area (Å²) in [5, 5.41) is 20.8. The Morgan fingerprint density at radius 1 is 1.37 bits per heavy atom. The number of benzene rings is 1. The molecule has 6 heteroatoms. The van der Waals surface area contributed by atoms with Crippen molar-refractivity contribution in [1.82, 2.24) is 9.80 Å². The van der Waals surface area contributed by atoms with Crippen molar-refractivity contribution in [2.24, 2.45) is 16.6 Å². The molecule has 3 rings (SSSR count). The van der Waals surface area contributed by atoms with E-state index < -0.39 is 18.0 Å². The van der Waals surface area contributed by atoms with Crippen LogP contribution in [0.4, 0.5) is 0 Å². The standard InChI is InChI=1S/C21H32N4O2/c1-15(26)24(2)13-12-16-8-7-11-18(14-16)21(17-9-5-4-6-10-17)19(27)25(3)20(22)23-21/h4-6,8-10,15,18-19,26-27H,7,11-14H2,1-3H3,(H2,22,23). The lowest BCUT2D eigenvalue weighted by Gasteiger charge is -2.41. The van der Waals surface area contributed by atoms with Gasteiger partial charge in [0.1, 0.15) is 11.8 Å². The van der Waals surface area contributed by atoms with Crippen LogP contribution < -0.4 is 5.73 Å². The smallest absolute Gasteiger partial charge is 0.194 e. The summed E-state index contributed by atoms with van der Waals surface area (Å²) in [5.74, 6) is 0.562. The van der Waals surface area contributed by atoms with Crippen LogP contribution in [-0.4, -0.2) is 59.1 Å². The molecule has 4 unspecified atom stereocenters. The second-order valence-electron chi connectivity index (χ2n) is 7.85. The zero-order valence-electron chi connectivity index (χ0n) is 16.5. The molecule has 1 heterocycles. The van der Waals surface area contributed by atoms with Crippen LogP contribution in [0, 0.1) is 5.92 Å². The van der Waals surface area contributed by atoms with Gasteiger partial charge in [-0.1, -0.05) is 42.0 Å². The molecule has 4 atom stereocenters. The number of nitrogens with zero attached hydrogens (tertiary/aromatic N) is 3. The third-order valence-electron chi connectivity index (χ3n) is 6.16. The second-order valence-corrected chi connectivity index (χ2v) is 7.85. The Morgan fingerprint density at radius 3 is 2.67 bits per heavy atom. The Balaban J connectivity index is 1.86. The van der Waals surface area contributed by atoms with Crippen LogP contribution in [0.2, 0.25) is 0 Å². The topological polar surface area (TPSA) is 85.3 Å². The minimum atomic E-state index is -0.774. The van der Waals surface area contributed by atoms with Gasteiger partial charge in [0.15, 0.2) is 12.2 Å². The van der Waals surface area contributed by atoms with Gasteiger partial charge in [-0.25, -0.2) is 4.99 Å². The first-order valence-corrected chi connectivity index (χ1v) is 9.74. The highest BCUT2D eigenvalue weighted by atomic mass is 16.3. The SMILES string of the molecule is CC(O)N(C)CCC1=CCCC(C2(c3ccccc3)N=C(N)N(C)C2O)C1. The predicted molar refractivity (Wildman–Crippen MR) is 108 cm³/mol. The molecule has 0 saturated heterocycles. The van der Waals surface area contributed by atoms with Crippen LogP contribution >= 0.6 is 0 Å². The van der Waals surface area contributed by atoms with E-state index in [1.807, 2.05) is 42.3 Å². The van der Waals surface area contributed by atoms with E-state index in [1.54, 1.807) is 18.9 Å². The van der Waals surface area contributed by atoms with Crippen LogP contribution in [0.3, 0.4) is 0 Å². The van der Waals surface area contributed by atoms with Gasteiger partial charge in [0.25, 0.3) is 0 Å². The fraction of sp³-hybridized carbons (Fsp3) is 0.571. The average Bonchev–Trinajstić information content (AvgIpc) is 2.92. The van der Waals surface area contributed by atoms with E-state index in [4.69, 9.17) is 10.7 Å². The largest absolute Gasteiger partial charge is 0.379 e. The molecular weight excluding hydrogens is 340 g/mol.